The van der Waals surface area contributed by atoms with E-state index in [0.717, 1.165) is 15.5 Å². The SMILES string of the molecule is O=S(=O)(c1ccccc1)c1ccc2sc3ccccc3c2c1. The van der Waals surface area contributed by atoms with E-state index >= 15 is 0 Å². The number of hydrogen-bond donors (Lipinski definition) is 0. The van der Waals surface area contributed by atoms with Gasteiger partial charge in [0.1, 0.15) is 0 Å². The highest BCUT2D eigenvalue weighted by Gasteiger charge is 2.18. The molecule has 0 bridgehead atoms. The minimum Gasteiger partial charge on any atom is -0.219 e. The third-order valence-electron chi connectivity index (χ3n) is 3.71. The molecule has 0 N–H and O–H groups in total. The Morgan fingerprint density at radius 2 is 1.32 bits per heavy atom. The summed E-state index contributed by atoms with van der Waals surface area (Å²) in [6.45, 7) is 0. The number of rotatable bonds is 2. The van der Waals surface area contributed by atoms with Crippen LogP contribution in [0.1, 0.15) is 0 Å². The number of fused-ring (bicyclic) bond motifs is 3. The Morgan fingerprint density at radius 3 is 2.14 bits per heavy atom. The second kappa shape index (κ2) is 4.93. The van der Waals surface area contributed by atoms with Crippen molar-refractivity contribution in [2.75, 3.05) is 0 Å². The summed E-state index contributed by atoms with van der Waals surface area (Å²) in [7, 11) is -3.47. The lowest BCUT2D eigenvalue weighted by atomic mass is 10.1. The van der Waals surface area contributed by atoms with E-state index in [4.69, 9.17) is 0 Å². The molecule has 0 saturated heterocycles. The number of sulfone groups is 1. The minimum atomic E-state index is -3.47. The first-order valence-electron chi connectivity index (χ1n) is 6.88. The van der Waals surface area contributed by atoms with Crippen molar-refractivity contribution in [3.8, 4) is 0 Å². The molecule has 1 heterocycles. The third-order valence-corrected chi connectivity index (χ3v) is 6.63. The summed E-state index contributed by atoms with van der Waals surface area (Å²) in [5.41, 5.74) is 0. The van der Waals surface area contributed by atoms with Gasteiger partial charge in [-0.3, -0.25) is 0 Å². The third kappa shape index (κ3) is 2.03. The van der Waals surface area contributed by atoms with Crippen LogP contribution >= 0.6 is 11.3 Å². The number of hydrogen-bond acceptors (Lipinski definition) is 3. The van der Waals surface area contributed by atoms with Crippen LogP contribution in [0.2, 0.25) is 0 Å². The van der Waals surface area contributed by atoms with Crippen molar-refractivity contribution in [2.24, 2.45) is 0 Å². The van der Waals surface area contributed by atoms with Gasteiger partial charge in [0.15, 0.2) is 0 Å². The van der Waals surface area contributed by atoms with Crippen molar-refractivity contribution in [1.82, 2.24) is 0 Å². The van der Waals surface area contributed by atoms with Gasteiger partial charge in [0, 0.05) is 20.2 Å². The lowest BCUT2D eigenvalue weighted by Gasteiger charge is -2.04. The van der Waals surface area contributed by atoms with Gasteiger partial charge in [0.25, 0.3) is 0 Å². The first-order valence-corrected chi connectivity index (χ1v) is 9.18. The van der Waals surface area contributed by atoms with Crippen molar-refractivity contribution >= 4 is 41.3 Å². The van der Waals surface area contributed by atoms with Gasteiger partial charge in [-0.2, -0.15) is 0 Å². The first-order chi connectivity index (χ1) is 10.7. The Kier molecular flexibility index (Phi) is 3.03. The van der Waals surface area contributed by atoms with E-state index in [9.17, 15) is 8.42 Å². The predicted molar refractivity (Wildman–Crippen MR) is 91.2 cm³/mol. The molecule has 2 nitrogen and oxygen atoms in total. The maximum atomic E-state index is 12.7. The fraction of sp³-hybridized carbons (Fsp3) is 0. The maximum Gasteiger partial charge on any atom is 0.206 e. The normalized spacial score (nSPS) is 12.0. The highest BCUT2D eigenvalue weighted by Crippen LogP contribution is 2.35. The average molecular weight is 324 g/mol. The summed E-state index contributed by atoms with van der Waals surface area (Å²) in [4.78, 5) is 0.670. The summed E-state index contributed by atoms with van der Waals surface area (Å²) < 4.78 is 27.8. The van der Waals surface area contributed by atoms with E-state index in [-0.39, 0.29) is 0 Å². The van der Waals surface area contributed by atoms with Crippen molar-refractivity contribution in [2.45, 2.75) is 9.79 Å². The van der Waals surface area contributed by atoms with Crippen molar-refractivity contribution in [3.63, 3.8) is 0 Å². The molecule has 4 aromatic rings. The molecule has 0 aliphatic heterocycles. The molecule has 3 aromatic carbocycles. The van der Waals surface area contributed by atoms with Gasteiger partial charge in [-0.05, 0) is 36.4 Å². The molecule has 0 atom stereocenters. The average Bonchev–Trinajstić information content (AvgIpc) is 2.93. The van der Waals surface area contributed by atoms with Crippen molar-refractivity contribution in [3.05, 3.63) is 72.8 Å². The van der Waals surface area contributed by atoms with E-state index in [1.165, 1.54) is 4.70 Å². The summed E-state index contributed by atoms with van der Waals surface area (Å²) in [6, 6.07) is 22.0. The van der Waals surface area contributed by atoms with Gasteiger partial charge in [-0.25, -0.2) is 8.42 Å². The van der Waals surface area contributed by atoms with E-state index in [2.05, 4.69) is 6.07 Å². The smallest absolute Gasteiger partial charge is 0.206 e. The van der Waals surface area contributed by atoms with E-state index in [1.54, 1.807) is 47.7 Å². The summed E-state index contributed by atoms with van der Waals surface area (Å²) in [5.74, 6) is 0. The molecule has 0 unspecified atom stereocenters. The van der Waals surface area contributed by atoms with E-state index in [0.29, 0.717) is 9.79 Å². The lowest BCUT2D eigenvalue weighted by Crippen LogP contribution is -2.01. The Hall–Kier alpha value is -2.17. The summed E-state index contributed by atoms with van der Waals surface area (Å²) in [5, 5.41) is 2.10. The van der Waals surface area contributed by atoms with Crippen LogP contribution in [0.3, 0.4) is 0 Å². The molecule has 22 heavy (non-hydrogen) atoms. The predicted octanol–water partition coefficient (Wildman–Crippen LogP) is 4.89. The van der Waals surface area contributed by atoms with Crippen LogP contribution in [0.15, 0.2) is 82.6 Å². The van der Waals surface area contributed by atoms with E-state index < -0.39 is 9.84 Å². The summed E-state index contributed by atoms with van der Waals surface area (Å²) in [6.07, 6.45) is 0. The number of thiophene rings is 1. The first kappa shape index (κ1) is 13.5. The van der Waals surface area contributed by atoms with Gasteiger partial charge in [0.2, 0.25) is 9.84 Å². The van der Waals surface area contributed by atoms with Crippen LogP contribution in [0.4, 0.5) is 0 Å². The van der Waals surface area contributed by atoms with E-state index in [1.807, 2.05) is 30.3 Å². The van der Waals surface area contributed by atoms with Crippen molar-refractivity contribution in [1.29, 1.82) is 0 Å². The molecule has 4 heteroatoms. The highest BCUT2D eigenvalue weighted by molar-refractivity contribution is 7.91. The molecule has 1 aromatic heterocycles. The largest absolute Gasteiger partial charge is 0.219 e. The zero-order valence-corrected chi connectivity index (χ0v) is 13.2. The monoisotopic (exact) mass is 324 g/mol. The fourth-order valence-electron chi connectivity index (χ4n) is 2.61. The molecule has 0 aliphatic rings. The standard InChI is InChI=1S/C18H12O2S2/c19-22(20,13-6-2-1-3-7-13)14-10-11-18-16(12-14)15-8-4-5-9-17(15)21-18/h1-12H. The Morgan fingerprint density at radius 1 is 0.636 bits per heavy atom. The van der Waals surface area contributed by atoms with Crippen molar-refractivity contribution < 1.29 is 8.42 Å². The highest BCUT2D eigenvalue weighted by atomic mass is 32.2. The fourth-order valence-corrected chi connectivity index (χ4v) is 5.00. The maximum absolute atomic E-state index is 12.7. The Labute approximate surface area is 132 Å². The zero-order valence-electron chi connectivity index (χ0n) is 11.6. The Bertz CT molecular complexity index is 1080. The van der Waals surface area contributed by atoms with Crippen LogP contribution in [0.5, 0.6) is 0 Å². The van der Waals surface area contributed by atoms with Crippen LogP contribution in [0, 0.1) is 0 Å². The lowest BCUT2D eigenvalue weighted by molar-refractivity contribution is 0.596. The molecule has 0 radical (unpaired) electrons. The topological polar surface area (TPSA) is 34.1 Å². The molecule has 0 spiro atoms. The molecule has 0 saturated carbocycles. The van der Waals surface area contributed by atoms with Crippen LogP contribution < -0.4 is 0 Å². The van der Waals surface area contributed by atoms with Crippen LogP contribution in [-0.4, -0.2) is 8.42 Å². The van der Waals surface area contributed by atoms with Gasteiger partial charge in [-0.15, -0.1) is 11.3 Å². The van der Waals surface area contributed by atoms with Crippen LogP contribution in [0.25, 0.3) is 20.2 Å². The quantitative estimate of drug-likeness (QED) is 0.526. The molecular formula is C18H12O2S2. The molecule has 0 fully saturated rings. The van der Waals surface area contributed by atoms with Crippen LogP contribution in [-0.2, 0) is 9.84 Å². The molecule has 0 amide bonds. The molecule has 108 valence electrons. The minimum absolute atomic E-state index is 0.328. The molecule has 4 rings (SSSR count). The molecule has 0 aliphatic carbocycles. The zero-order chi connectivity index (χ0) is 15.2. The van der Waals surface area contributed by atoms with Gasteiger partial charge < -0.3 is 0 Å². The van der Waals surface area contributed by atoms with Gasteiger partial charge in [0.05, 0.1) is 9.79 Å². The Balaban J connectivity index is 1.98. The summed E-state index contributed by atoms with van der Waals surface area (Å²) >= 11 is 1.68. The second-order valence-electron chi connectivity index (χ2n) is 5.07. The second-order valence-corrected chi connectivity index (χ2v) is 8.11. The van der Waals surface area contributed by atoms with Gasteiger partial charge >= 0.3 is 0 Å². The van der Waals surface area contributed by atoms with Gasteiger partial charge in [-0.1, -0.05) is 36.4 Å². The molecular weight excluding hydrogens is 312 g/mol. The number of benzene rings is 3.